The summed E-state index contributed by atoms with van der Waals surface area (Å²) in [5.41, 5.74) is 8.00. The van der Waals surface area contributed by atoms with Crippen LogP contribution in [0.4, 0.5) is 5.69 Å². The van der Waals surface area contributed by atoms with Gasteiger partial charge in [-0.05, 0) is 58.9 Å². The van der Waals surface area contributed by atoms with Crippen LogP contribution in [0.5, 0.6) is 0 Å². The van der Waals surface area contributed by atoms with Gasteiger partial charge < -0.3 is 5.73 Å². The van der Waals surface area contributed by atoms with E-state index in [9.17, 15) is 0 Å². The van der Waals surface area contributed by atoms with E-state index in [2.05, 4.69) is 58.3 Å². The van der Waals surface area contributed by atoms with Gasteiger partial charge in [-0.3, -0.25) is 4.90 Å². The Morgan fingerprint density at radius 1 is 1.26 bits per heavy atom. The van der Waals surface area contributed by atoms with Crippen LogP contribution < -0.4 is 5.73 Å². The van der Waals surface area contributed by atoms with Gasteiger partial charge >= 0.3 is 0 Å². The van der Waals surface area contributed by atoms with E-state index in [1.807, 2.05) is 23.5 Å². The van der Waals surface area contributed by atoms with Gasteiger partial charge in [0, 0.05) is 34.2 Å². The molecular weight excluding hydrogens is 320 g/mol. The van der Waals surface area contributed by atoms with Crippen molar-refractivity contribution in [3.63, 3.8) is 0 Å². The molecule has 0 radical (unpaired) electrons. The third-order valence-corrected chi connectivity index (χ3v) is 4.70. The maximum atomic E-state index is 5.95. The van der Waals surface area contributed by atoms with Crippen molar-refractivity contribution in [2.75, 3.05) is 5.73 Å². The molecule has 2 N–H and O–H groups in total. The minimum absolute atomic E-state index is 0.506. The van der Waals surface area contributed by atoms with Gasteiger partial charge in [-0.15, -0.1) is 11.3 Å². The second kappa shape index (κ2) is 6.55. The monoisotopic (exact) mass is 338 g/mol. The molecule has 4 heteroatoms. The van der Waals surface area contributed by atoms with Gasteiger partial charge in [0.1, 0.15) is 0 Å². The van der Waals surface area contributed by atoms with Crippen LogP contribution in [-0.4, -0.2) is 10.9 Å². The summed E-state index contributed by atoms with van der Waals surface area (Å²) in [7, 11) is 0. The van der Waals surface area contributed by atoms with Gasteiger partial charge in [-0.2, -0.15) is 0 Å². The van der Waals surface area contributed by atoms with Crippen LogP contribution in [0.15, 0.2) is 40.2 Å². The van der Waals surface area contributed by atoms with Crippen molar-refractivity contribution in [3.8, 4) is 0 Å². The first-order valence-corrected chi connectivity index (χ1v) is 8.04. The predicted octanol–water partition coefficient (Wildman–Crippen LogP) is 4.50. The molecule has 19 heavy (non-hydrogen) atoms. The first-order chi connectivity index (χ1) is 9.06. The van der Waals surface area contributed by atoms with E-state index in [4.69, 9.17) is 5.73 Å². The van der Waals surface area contributed by atoms with Crippen LogP contribution in [0.1, 0.15) is 24.3 Å². The zero-order valence-corrected chi connectivity index (χ0v) is 13.7. The number of halogens is 1. The summed E-state index contributed by atoms with van der Waals surface area (Å²) in [5, 5.41) is 2.13. The van der Waals surface area contributed by atoms with Crippen LogP contribution in [0, 0.1) is 0 Å². The van der Waals surface area contributed by atoms with Crippen LogP contribution in [0.2, 0.25) is 0 Å². The Balaban J connectivity index is 2.09. The Bertz CT molecular complexity index is 523. The SMILES string of the molecule is CC(C)N(Cc1ccc(Br)c(N)c1)Cc1cccs1. The van der Waals surface area contributed by atoms with Crippen molar-refractivity contribution in [1.82, 2.24) is 4.90 Å². The standard InChI is InChI=1S/C15H19BrN2S/c1-11(2)18(10-13-4-3-7-19-13)9-12-5-6-14(16)15(17)8-12/h3-8,11H,9-10,17H2,1-2H3. The molecule has 0 unspecified atom stereocenters. The molecule has 0 bridgehead atoms. The molecule has 0 atom stereocenters. The molecule has 2 rings (SSSR count). The highest BCUT2D eigenvalue weighted by Gasteiger charge is 2.12. The number of thiophene rings is 1. The van der Waals surface area contributed by atoms with Crippen molar-refractivity contribution in [3.05, 3.63) is 50.6 Å². The molecule has 0 aliphatic rings. The Labute approximate surface area is 127 Å². The second-order valence-electron chi connectivity index (χ2n) is 4.93. The average molecular weight is 339 g/mol. The third-order valence-electron chi connectivity index (χ3n) is 3.12. The Morgan fingerprint density at radius 2 is 2.05 bits per heavy atom. The van der Waals surface area contributed by atoms with Crippen molar-refractivity contribution in [2.45, 2.75) is 33.0 Å². The van der Waals surface area contributed by atoms with Crippen molar-refractivity contribution in [1.29, 1.82) is 0 Å². The predicted molar refractivity (Wildman–Crippen MR) is 87.3 cm³/mol. The lowest BCUT2D eigenvalue weighted by Crippen LogP contribution is -2.29. The Hall–Kier alpha value is -0.840. The van der Waals surface area contributed by atoms with E-state index >= 15 is 0 Å². The number of rotatable bonds is 5. The molecule has 1 aromatic carbocycles. The van der Waals surface area contributed by atoms with Crippen LogP contribution in [-0.2, 0) is 13.1 Å². The highest BCUT2D eigenvalue weighted by Crippen LogP contribution is 2.22. The average Bonchev–Trinajstić information content (AvgIpc) is 2.86. The zero-order valence-electron chi connectivity index (χ0n) is 11.3. The molecule has 2 aromatic rings. The molecule has 0 saturated heterocycles. The van der Waals surface area contributed by atoms with Crippen LogP contribution >= 0.6 is 27.3 Å². The fraction of sp³-hybridized carbons (Fsp3) is 0.333. The molecular formula is C15H19BrN2S. The quantitative estimate of drug-likeness (QED) is 0.813. The summed E-state index contributed by atoms with van der Waals surface area (Å²) in [4.78, 5) is 3.85. The van der Waals surface area contributed by atoms with Crippen molar-refractivity contribution < 1.29 is 0 Å². The van der Waals surface area contributed by atoms with E-state index in [1.54, 1.807) is 0 Å². The lowest BCUT2D eigenvalue weighted by atomic mass is 10.1. The molecule has 102 valence electrons. The topological polar surface area (TPSA) is 29.3 Å². The number of nitrogens with two attached hydrogens (primary N) is 1. The lowest BCUT2D eigenvalue weighted by Gasteiger charge is -2.26. The molecule has 0 aliphatic carbocycles. The van der Waals surface area contributed by atoms with Crippen LogP contribution in [0.25, 0.3) is 0 Å². The number of nitrogens with zero attached hydrogens (tertiary/aromatic N) is 1. The molecule has 0 aliphatic heterocycles. The summed E-state index contributed by atoms with van der Waals surface area (Å²) < 4.78 is 0.964. The van der Waals surface area contributed by atoms with Gasteiger partial charge in [-0.1, -0.05) is 12.1 Å². The number of benzene rings is 1. The summed E-state index contributed by atoms with van der Waals surface area (Å²) in [6.45, 7) is 6.38. The van der Waals surface area contributed by atoms with E-state index in [0.717, 1.165) is 23.2 Å². The van der Waals surface area contributed by atoms with E-state index in [-0.39, 0.29) is 0 Å². The molecule has 0 fully saturated rings. The van der Waals surface area contributed by atoms with Crippen molar-refractivity contribution >= 4 is 33.0 Å². The minimum atomic E-state index is 0.506. The van der Waals surface area contributed by atoms with E-state index in [1.165, 1.54) is 10.4 Å². The lowest BCUT2D eigenvalue weighted by molar-refractivity contribution is 0.205. The van der Waals surface area contributed by atoms with Crippen LogP contribution in [0.3, 0.4) is 0 Å². The number of nitrogen functional groups attached to an aromatic ring is 1. The maximum absolute atomic E-state index is 5.95. The minimum Gasteiger partial charge on any atom is -0.398 e. The van der Waals surface area contributed by atoms with Gasteiger partial charge in [-0.25, -0.2) is 0 Å². The van der Waals surface area contributed by atoms with E-state index in [0.29, 0.717) is 6.04 Å². The Kier molecular flexibility index (Phi) is 5.02. The van der Waals surface area contributed by atoms with Gasteiger partial charge in [0.2, 0.25) is 0 Å². The Morgan fingerprint density at radius 3 is 2.63 bits per heavy atom. The van der Waals surface area contributed by atoms with Crippen molar-refractivity contribution in [2.24, 2.45) is 0 Å². The zero-order chi connectivity index (χ0) is 13.8. The molecule has 1 heterocycles. The summed E-state index contributed by atoms with van der Waals surface area (Å²) >= 11 is 5.25. The fourth-order valence-corrected chi connectivity index (χ4v) is 2.93. The molecule has 1 aromatic heterocycles. The normalized spacial score (nSPS) is 11.4. The number of hydrogen-bond donors (Lipinski definition) is 1. The second-order valence-corrected chi connectivity index (χ2v) is 6.82. The highest BCUT2D eigenvalue weighted by molar-refractivity contribution is 9.10. The molecule has 2 nitrogen and oxygen atoms in total. The molecule has 0 spiro atoms. The first-order valence-electron chi connectivity index (χ1n) is 6.36. The smallest absolute Gasteiger partial charge is 0.0461 e. The largest absolute Gasteiger partial charge is 0.398 e. The fourth-order valence-electron chi connectivity index (χ4n) is 1.95. The number of anilines is 1. The van der Waals surface area contributed by atoms with E-state index < -0.39 is 0 Å². The summed E-state index contributed by atoms with van der Waals surface area (Å²) in [6.07, 6.45) is 0. The first kappa shape index (κ1) is 14.6. The molecule has 0 saturated carbocycles. The maximum Gasteiger partial charge on any atom is 0.0461 e. The van der Waals surface area contributed by atoms with Gasteiger partial charge in [0.25, 0.3) is 0 Å². The van der Waals surface area contributed by atoms with Gasteiger partial charge in [0.05, 0.1) is 0 Å². The third kappa shape index (κ3) is 4.06. The summed E-state index contributed by atoms with van der Waals surface area (Å²) in [6, 6.07) is 11.0. The summed E-state index contributed by atoms with van der Waals surface area (Å²) in [5.74, 6) is 0. The molecule has 0 amide bonds. The number of hydrogen-bond acceptors (Lipinski definition) is 3. The highest BCUT2D eigenvalue weighted by atomic mass is 79.9. The van der Waals surface area contributed by atoms with Gasteiger partial charge in [0.15, 0.2) is 0 Å².